The smallest absolute Gasteiger partial charge is 0.255 e. The number of carbonyl (C=O) groups is 1. The Bertz CT molecular complexity index is 569. The van der Waals surface area contributed by atoms with Crippen molar-refractivity contribution in [2.45, 2.75) is 6.92 Å². The second-order valence-electron chi connectivity index (χ2n) is 4.88. The second-order valence-corrected chi connectivity index (χ2v) is 4.88. The van der Waals surface area contributed by atoms with Gasteiger partial charge in [0.25, 0.3) is 5.91 Å². The molecule has 2 rings (SSSR count). The number of nitrogens with zero attached hydrogens (tertiary/aromatic N) is 2. The lowest BCUT2D eigenvalue weighted by atomic mass is 10.1. The van der Waals surface area contributed by atoms with Gasteiger partial charge in [-0.15, -0.1) is 0 Å². The zero-order valence-electron chi connectivity index (χ0n) is 12.1. The van der Waals surface area contributed by atoms with Crippen LogP contribution in [0.3, 0.4) is 0 Å². The lowest BCUT2D eigenvalue weighted by molar-refractivity contribution is 0.0642. The predicted molar refractivity (Wildman–Crippen MR) is 78.4 cm³/mol. The van der Waals surface area contributed by atoms with Gasteiger partial charge in [0.2, 0.25) is 0 Å². The molecular formula is C16H19FN2O2. The van der Waals surface area contributed by atoms with E-state index in [1.54, 1.807) is 4.90 Å². The summed E-state index contributed by atoms with van der Waals surface area (Å²) in [6, 6.07) is 3.97. The van der Waals surface area contributed by atoms with Gasteiger partial charge >= 0.3 is 0 Å². The highest BCUT2D eigenvalue weighted by atomic mass is 19.1. The lowest BCUT2D eigenvalue weighted by Crippen LogP contribution is -2.48. The van der Waals surface area contributed by atoms with Crippen LogP contribution in [0.4, 0.5) is 4.39 Å². The van der Waals surface area contributed by atoms with E-state index in [2.05, 4.69) is 23.7 Å². The quantitative estimate of drug-likeness (QED) is 0.825. The van der Waals surface area contributed by atoms with Crippen molar-refractivity contribution in [3.63, 3.8) is 0 Å². The third-order valence-electron chi connectivity index (χ3n) is 3.62. The number of rotatable bonds is 2. The number of likely N-dealkylation sites (N-methyl/N-ethyl adjacent to an activating group) is 1. The number of hydrogen-bond acceptors (Lipinski definition) is 3. The average molecular weight is 290 g/mol. The first-order valence-electron chi connectivity index (χ1n) is 7.06. The molecule has 1 fully saturated rings. The maximum absolute atomic E-state index is 13.4. The summed E-state index contributed by atoms with van der Waals surface area (Å²) in [7, 11) is 0. The largest absolute Gasteiger partial charge is 0.384 e. The van der Waals surface area contributed by atoms with E-state index in [1.165, 1.54) is 18.2 Å². The minimum atomic E-state index is -0.458. The number of piperazine rings is 1. The van der Waals surface area contributed by atoms with Crippen LogP contribution in [0.1, 0.15) is 22.8 Å². The van der Waals surface area contributed by atoms with Crippen molar-refractivity contribution in [2.24, 2.45) is 0 Å². The van der Waals surface area contributed by atoms with Crippen molar-refractivity contribution in [1.82, 2.24) is 9.80 Å². The molecule has 0 spiro atoms. The molecule has 1 aliphatic rings. The average Bonchev–Trinajstić information content (AvgIpc) is 2.53. The van der Waals surface area contributed by atoms with Gasteiger partial charge < -0.3 is 14.9 Å². The Kier molecular flexibility index (Phi) is 5.32. The minimum Gasteiger partial charge on any atom is -0.384 e. The van der Waals surface area contributed by atoms with Gasteiger partial charge in [-0.3, -0.25) is 4.79 Å². The summed E-state index contributed by atoms with van der Waals surface area (Å²) in [6.45, 7) is 5.69. The van der Waals surface area contributed by atoms with Crippen molar-refractivity contribution in [3.8, 4) is 11.8 Å². The number of aliphatic hydroxyl groups excluding tert-OH is 1. The normalized spacial score (nSPS) is 15.5. The fourth-order valence-electron chi connectivity index (χ4n) is 2.37. The van der Waals surface area contributed by atoms with Crippen LogP contribution in [0.2, 0.25) is 0 Å². The zero-order chi connectivity index (χ0) is 15.2. The van der Waals surface area contributed by atoms with Gasteiger partial charge in [0.05, 0.1) is 5.56 Å². The first-order valence-corrected chi connectivity index (χ1v) is 7.06. The predicted octanol–water partition coefficient (Wildman–Crippen LogP) is 0.947. The summed E-state index contributed by atoms with van der Waals surface area (Å²) < 4.78 is 13.4. The molecule has 0 aromatic heterocycles. The zero-order valence-corrected chi connectivity index (χ0v) is 12.1. The Hall–Kier alpha value is -1.90. The van der Waals surface area contributed by atoms with Crippen LogP contribution in [0.15, 0.2) is 18.2 Å². The topological polar surface area (TPSA) is 43.8 Å². The van der Waals surface area contributed by atoms with Gasteiger partial charge in [-0.2, -0.15) is 0 Å². The molecule has 1 saturated heterocycles. The van der Waals surface area contributed by atoms with Gasteiger partial charge in [0.15, 0.2) is 0 Å². The molecule has 0 bridgehead atoms. The third kappa shape index (κ3) is 3.81. The molecule has 1 amide bonds. The van der Waals surface area contributed by atoms with E-state index in [1.807, 2.05) is 0 Å². The monoisotopic (exact) mass is 290 g/mol. The summed E-state index contributed by atoms with van der Waals surface area (Å²) in [5, 5.41) is 8.77. The van der Waals surface area contributed by atoms with Crippen molar-refractivity contribution in [2.75, 3.05) is 39.3 Å². The number of aliphatic hydroxyl groups is 1. The van der Waals surface area contributed by atoms with E-state index in [-0.39, 0.29) is 18.1 Å². The van der Waals surface area contributed by atoms with Gasteiger partial charge in [0.1, 0.15) is 12.4 Å². The maximum Gasteiger partial charge on any atom is 0.255 e. The molecule has 0 aliphatic carbocycles. The van der Waals surface area contributed by atoms with Crippen LogP contribution < -0.4 is 0 Å². The van der Waals surface area contributed by atoms with Crippen LogP contribution in [0.5, 0.6) is 0 Å². The third-order valence-corrected chi connectivity index (χ3v) is 3.62. The van der Waals surface area contributed by atoms with Crippen LogP contribution in [0, 0.1) is 17.7 Å². The highest BCUT2D eigenvalue weighted by molar-refractivity contribution is 5.96. The van der Waals surface area contributed by atoms with Gasteiger partial charge in [-0.05, 0) is 24.7 Å². The van der Waals surface area contributed by atoms with Crippen molar-refractivity contribution in [1.29, 1.82) is 0 Å². The summed E-state index contributed by atoms with van der Waals surface area (Å²) >= 11 is 0. The number of hydrogen-bond donors (Lipinski definition) is 1. The Morgan fingerprint density at radius 1 is 1.33 bits per heavy atom. The van der Waals surface area contributed by atoms with E-state index in [4.69, 9.17) is 5.11 Å². The molecule has 0 radical (unpaired) electrons. The van der Waals surface area contributed by atoms with Crippen LogP contribution >= 0.6 is 0 Å². The SMILES string of the molecule is CCN1CCN(C(=O)c2cc(F)ccc2C#CCO)CC1. The molecule has 4 nitrogen and oxygen atoms in total. The van der Waals surface area contributed by atoms with Crippen LogP contribution in [0.25, 0.3) is 0 Å². The molecular weight excluding hydrogens is 271 g/mol. The first kappa shape index (κ1) is 15.5. The summed E-state index contributed by atoms with van der Waals surface area (Å²) in [6.07, 6.45) is 0. The molecule has 1 heterocycles. The highest BCUT2D eigenvalue weighted by Crippen LogP contribution is 2.15. The lowest BCUT2D eigenvalue weighted by Gasteiger charge is -2.34. The summed E-state index contributed by atoms with van der Waals surface area (Å²) in [5.74, 6) is 4.55. The van der Waals surface area contributed by atoms with Crippen molar-refractivity contribution >= 4 is 5.91 Å². The molecule has 1 aromatic carbocycles. The fourth-order valence-corrected chi connectivity index (χ4v) is 2.37. The number of halogens is 1. The van der Waals surface area contributed by atoms with Crippen LogP contribution in [-0.2, 0) is 0 Å². The number of benzene rings is 1. The molecule has 0 unspecified atom stereocenters. The first-order chi connectivity index (χ1) is 10.2. The van der Waals surface area contributed by atoms with Crippen LogP contribution in [-0.4, -0.2) is 60.1 Å². The number of carbonyl (C=O) groups excluding carboxylic acids is 1. The van der Waals surface area contributed by atoms with Gasteiger partial charge in [0, 0.05) is 31.7 Å². The molecule has 0 saturated carbocycles. The Labute approximate surface area is 124 Å². The Balaban J connectivity index is 2.20. The maximum atomic E-state index is 13.4. The molecule has 5 heteroatoms. The van der Waals surface area contributed by atoms with E-state index >= 15 is 0 Å². The molecule has 1 N–H and O–H groups in total. The second kappa shape index (κ2) is 7.21. The highest BCUT2D eigenvalue weighted by Gasteiger charge is 2.23. The fraction of sp³-hybridized carbons (Fsp3) is 0.438. The Morgan fingerprint density at radius 3 is 2.67 bits per heavy atom. The summed E-state index contributed by atoms with van der Waals surface area (Å²) in [5.41, 5.74) is 0.717. The van der Waals surface area contributed by atoms with Crippen molar-refractivity contribution in [3.05, 3.63) is 35.1 Å². The minimum absolute atomic E-state index is 0.201. The molecule has 112 valence electrons. The van der Waals surface area contributed by atoms with E-state index in [9.17, 15) is 9.18 Å². The van der Waals surface area contributed by atoms with Crippen molar-refractivity contribution < 1.29 is 14.3 Å². The number of amides is 1. The summed E-state index contributed by atoms with van der Waals surface area (Å²) in [4.78, 5) is 16.5. The molecule has 1 aliphatic heterocycles. The van der Waals surface area contributed by atoms with E-state index in [0.29, 0.717) is 18.7 Å². The van der Waals surface area contributed by atoms with Gasteiger partial charge in [-0.1, -0.05) is 18.8 Å². The molecule has 0 atom stereocenters. The van der Waals surface area contributed by atoms with E-state index in [0.717, 1.165) is 19.6 Å². The standard InChI is InChI=1S/C16H19FN2O2/c1-2-18-7-9-19(10-8-18)16(21)15-12-14(17)6-5-13(15)4-3-11-20/h5-6,12,20H,2,7-11H2,1H3. The Morgan fingerprint density at radius 2 is 2.05 bits per heavy atom. The molecule has 1 aromatic rings. The van der Waals surface area contributed by atoms with E-state index < -0.39 is 5.82 Å². The molecule has 21 heavy (non-hydrogen) atoms. The van der Waals surface area contributed by atoms with Gasteiger partial charge in [-0.25, -0.2) is 4.39 Å².